The Morgan fingerprint density at radius 2 is 1.66 bits per heavy atom. The summed E-state index contributed by atoms with van der Waals surface area (Å²) in [6.45, 7) is 2.68. The fourth-order valence-corrected chi connectivity index (χ4v) is 5.08. The molecule has 1 aliphatic rings. The van der Waals surface area contributed by atoms with Crippen LogP contribution in [0.4, 0.5) is 11.5 Å². The van der Waals surface area contributed by atoms with E-state index in [1.54, 1.807) is 24.4 Å². The van der Waals surface area contributed by atoms with Crippen LogP contribution >= 0.6 is 0 Å². The summed E-state index contributed by atoms with van der Waals surface area (Å²) in [5.74, 6) is 0.0603. The van der Waals surface area contributed by atoms with Crippen molar-refractivity contribution in [2.75, 3.05) is 30.9 Å². The van der Waals surface area contributed by atoms with Gasteiger partial charge in [0.2, 0.25) is 0 Å². The molecule has 2 heterocycles. The Hall–Kier alpha value is -4.29. The maximum atomic E-state index is 13.6. The zero-order valence-corrected chi connectivity index (χ0v) is 22.0. The van der Waals surface area contributed by atoms with Crippen LogP contribution < -0.4 is 10.2 Å². The summed E-state index contributed by atoms with van der Waals surface area (Å²) in [5.41, 5.74) is 6.15. The number of nitrogens with zero attached hydrogens (tertiary/aromatic N) is 3. The topological polar surface area (TPSA) is 65.5 Å². The van der Waals surface area contributed by atoms with Crippen molar-refractivity contribution in [2.24, 2.45) is 0 Å². The average Bonchev–Trinajstić information content (AvgIpc) is 3.13. The molecule has 4 aromatic rings. The molecule has 0 saturated heterocycles. The van der Waals surface area contributed by atoms with E-state index in [9.17, 15) is 9.59 Å². The largest absolute Gasteiger partial charge is 0.308 e. The van der Waals surface area contributed by atoms with E-state index < -0.39 is 0 Å². The van der Waals surface area contributed by atoms with Gasteiger partial charge in [-0.15, -0.1) is 0 Å². The summed E-state index contributed by atoms with van der Waals surface area (Å²) in [6.07, 6.45) is 3.44. The minimum atomic E-state index is -0.246. The van der Waals surface area contributed by atoms with Crippen LogP contribution in [0.15, 0.2) is 91.1 Å². The molecule has 6 heteroatoms. The Morgan fingerprint density at radius 3 is 2.39 bits per heavy atom. The van der Waals surface area contributed by atoms with Crippen molar-refractivity contribution in [3.63, 3.8) is 0 Å². The highest BCUT2D eigenvalue weighted by Crippen LogP contribution is 2.36. The Bertz CT molecular complexity index is 1450. The molecule has 0 fully saturated rings. The summed E-state index contributed by atoms with van der Waals surface area (Å²) in [4.78, 5) is 35.2. The number of anilines is 2. The van der Waals surface area contributed by atoms with Gasteiger partial charge in [0.15, 0.2) is 0 Å². The minimum absolute atomic E-state index is 0.0908. The molecule has 2 amide bonds. The summed E-state index contributed by atoms with van der Waals surface area (Å²) < 4.78 is 0. The molecule has 1 unspecified atom stereocenters. The number of pyridine rings is 1. The van der Waals surface area contributed by atoms with Crippen molar-refractivity contribution < 1.29 is 9.59 Å². The predicted octanol–water partition coefficient (Wildman–Crippen LogP) is 6.35. The van der Waals surface area contributed by atoms with Crippen LogP contribution in [0, 0.1) is 6.92 Å². The summed E-state index contributed by atoms with van der Waals surface area (Å²) in [6, 6.07) is 27.4. The monoisotopic (exact) mass is 504 g/mol. The number of carbonyl (C=O) groups is 2. The maximum absolute atomic E-state index is 13.6. The molecule has 1 aliphatic heterocycles. The minimum Gasteiger partial charge on any atom is -0.308 e. The number of hydrogen-bond donors (Lipinski definition) is 1. The predicted molar refractivity (Wildman–Crippen MR) is 153 cm³/mol. The number of nitrogens with one attached hydrogen (secondary N) is 1. The summed E-state index contributed by atoms with van der Waals surface area (Å²) in [7, 11) is 4.16. The maximum Gasteiger partial charge on any atom is 0.259 e. The number of hydrogen-bond acceptors (Lipinski definition) is 4. The second-order valence-electron chi connectivity index (χ2n) is 9.94. The van der Waals surface area contributed by atoms with Gasteiger partial charge in [0, 0.05) is 30.0 Å². The van der Waals surface area contributed by atoms with Crippen molar-refractivity contribution in [1.29, 1.82) is 0 Å². The standard InChI is InChI=1S/C32H32N4O2/c1-22-14-16-23(17-15-22)25-9-4-5-10-26(25)31(37)34-30-19-18-24(21-33-30)32(38)36-20-8-13-28(35(2)3)27-11-6-7-12-29(27)36/h4-7,9-12,14-19,21,28H,8,13,20H2,1-3H3,(H,33,34,37). The molecule has 0 aliphatic carbocycles. The van der Waals surface area contributed by atoms with Gasteiger partial charge in [-0.1, -0.05) is 66.2 Å². The van der Waals surface area contributed by atoms with Crippen LogP contribution in [-0.4, -0.2) is 42.3 Å². The Morgan fingerprint density at radius 1 is 0.921 bits per heavy atom. The van der Waals surface area contributed by atoms with Gasteiger partial charge < -0.3 is 15.1 Å². The number of benzene rings is 3. The lowest BCUT2D eigenvalue weighted by Crippen LogP contribution is -2.32. The number of aryl methyl sites for hydroxylation is 1. The number of para-hydroxylation sites is 1. The van der Waals surface area contributed by atoms with E-state index in [0.29, 0.717) is 23.5 Å². The Kier molecular flexibility index (Phi) is 7.33. The third kappa shape index (κ3) is 5.22. The van der Waals surface area contributed by atoms with E-state index in [2.05, 4.69) is 35.4 Å². The number of aromatic nitrogens is 1. The first-order valence-corrected chi connectivity index (χ1v) is 12.9. The number of carbonyl (C=O) groups excluding carboxylic acids is 2. The van der Waals surface area contributed by atoms with Gasteiger partial charge in [-0.2, -0.15) is 0 Å². The van der Waals surface area contributed by atoms with Crippen molar-refractivity contribution in [1.82, 2.24) is 9.88 Å². The highest BCUT2D eigenvalue weighted by molar-refractivity contribution is 6.09. The van der Waals surface area contributed by atoms with Gasteiger partial charge >= 0.3 is 0 Å². The SMILES string of the molecule is Cc1ccc(-c2ccccc2C(=O)Nc2ccc(C(=O)N3CCCC(N(C)C)c4ccccc43)cn2)cc1. The molecule has 6 nitrogen and oxygen atoms in total. The molecule has 38 heavy (non-hydrogen) atoms. The fraction of sp³-hybridized carbons (Fsp3) is 0.219. The first-order chi connectivity index (χ1) is 18.4. The van der Waals surface area contributed by atoms with Gasteiger partial charge in [-0.05, 0) is 74.8 Å². The fourth-order valence-electron chi connectivity index (χ4n) is 5.08. The lowest BCUT2D eigenvalue weighted by Gasteiger charge is -2.27. The van der Waals surface area contributed by atoms with Crippen LogP contribution in [0.2, 0.25) is 0 Å². The highest BCUT2D eigenvalue weighted by Gasteiger charge is 2.28. The Labute approximate surface area is 223 Å². The first kappa shape index (κ1) is 25.4. The summed E-state index contributed by atoms with van der Waals surface area (Å²) >= 11 is 0. The quantitative estimate of drug-likeness (QED) is 0.344. The van der Waals surface area contributed by atoms with E-state index in [4.69, 9.17) is 0 Å². The molecule has 5 rings (SSSR count). The Balaban J connectivity index is 1.35. The van der Waals surface area contributed by atoms with E-state index in [1.165, 1.54) is 0 Å². The molecule has 0 spiro atoms. The van der Waals surface area contributed by atoms with Crippen LogP contribution in [-0.2, 0) is 0 Å². The smallest absolute Gasteiger partial charge is 0.259 e. The molecule has 1 aromatic heterocycles. The van der Waals surface area contributed by atoms with Gasteiger partial charge in [-0.3, -0.25) is 9.59 Å². The number of fused-ring (bicyclic) bond motifs is 1. The summed E-state index contributed by atoms with van der Waals surface area (Å²) in [5, 5.41) is 2.89. The first-order valence-electron chi connectivity index (χ1n) is 12.9. The third-order valence-corrected chi connectivity index (χ3v) is 7.10. The van der Waals surface area contributed by atoms with E-state index in [-0.39, 0.29) is 17.9 Å². The molecule has 1 N–H and O–H groups in total. The van der Waals surface area contributed by atoms with Crippen LogP contribution in [0.5, 0.6) is 0 Å². The molecular weight excluding hydrogens is 472 g/mol. The highest BCUT2D eigenvalue weighted by atomic mass is 16.2. The van der Waals surface area contributed by atoms with Gasteiger partial charge in [0.1, 0.15) is 5.82 Å². The van der Waals surface area contributed by atoms with Gasteiger partial charge in [-0.25, -0.2) is 4.98 Å². The number of amides is 2. The lowest BCUT2D eigenvalue weighted by atomic mass is 9.98. The van der Waals surface area contributed by atoms with Crippen molar-refractivity contribution in [3.05, 3.63) is 113 Å². The normalized spacial score (nSPS) is 15.1. The zero-order valence-electron chi connectivity index (χ0n) is 22.0. The van der Waals surface area contributed by atoms with Crippen LogP contribution in [0.25, 0.3) is 11.1 Å². The van der Waals surface area contributed by atoms with E-state index in [1.807, 2.05) is 72.5 Å². The van der Waals surface area contributed by atoms with Crippen molar-refractivity contribution in [3.8, 4) is 11.1 Å². The van der Waals surface area contributed by atoms with Gasteiger partial charge in [0.05, 0.1) is 5.56 Å². The number of rotatable bonds is 5. The average molecular weight is 505 g/mol. The van der Waals surface area contributed by atoms with Crippen molar-refractivity contribution >= 4 is 23.3 Å². The molecule has 0 bridgehead atoms. The second kappa shape index (κ2) is 11.0. The van der Waals surface area contributed by atoms with Gasteiger partial charge in [0.25, 0.3) is 11.8 Å². The van der Waals surface area contributed by atoms with E-state index >= 15 is 0 Å². The van der Waals surface area contributed by atoms with Crippen molar-refractivity contribution in [2.45, 2.75) is 25.8 Å². The zero-order chi connectivity index (χ0) is 26.6. The second-order valence-corrected chi connectivity index (χ2v) is 9.94. The van der Waals surface area contributed by atoms with Crippen LogP contribution in [0.3, 0.4) is 0 Å². The molecule has 192 valence electrons. The molecule has 0 radical (unpaired) electrons. The third-order valence-electron chi connectivity index (χ3n) is 7.10. The van der Waals surface area contributed by atoms with E-state index in [0.717, 1.165) is 40.8 Å². The molecular formula is C32H32N4O2. The lowest BCUT2D eigenvalue weighted by molar-refractivity contribution is 0.0985. The molecule has 3 aromatic carbocycles. The molecule has 0 saturated carbocycles. The van der Waals surface area contributed by atoms with Crippen LogP contribution in [0.1, 0.15) is 50.7 Å². The molecule has 1 atom stereocenters.